The zero-order chi connectivity index (χ0) is 24.3. The van der Waals surface area contributed by atoms with E-state index in [1.165, 1.54) is 5.56 Å². The van der Waals surface area contributed by atoms with E-state index >= 15 is 0 Å². The first kappa shape index (κ1) is 24.0. The average Bonchev–Trinajstić information content (AvgIpc) is 3.05. The zero-order valence-electron chi connectivity index (χ0n) is 19.2. The molecule has 0 aliphatic carbocycles. The molecule has 4 rings (SSSR count). The molecule has 2 aliphatic rings. The first-order valence-corrected chi connectivity index (χ1v) is 11.5. The summed E-state index contributed by atoms with van der Waals surface area (Å²) in [5.41, 5.74) is 2.98. The summed E-state index contributed by atoms with van der Waals surface area (Å²) in [6, 6.07) is 14.0. The summed E-state index contributed by atoms with van der Waals surface area (Å²) in [6.07, 6.45) is 0. The molecule has 0 aromatic heterocycles. The van der Waals surface area contributed by atoms with Gasteiger partial charge in [-0.25, -0.2) is 4.79 Å². The Balaban J connectivity index is 1.28. The van der Waals surface area contributed by atoms with E-state index in [0.717, 1.165) is 24.6 Å². The molecule has 4 amide bonds. The van der Waals surface area contributed by atoms with Crippen LogP contribution >= 0.6 is 11.6 Å². The Kier molecular flexibility index (Phi) is 7.06. The van der Waals surface area contributed by atoms with E-state index in [1.807, 2.05) is 29.2 Å². The predicted octanol–water partition coefficient (Wildman–Crippen LogP) is 1.96. The molecule has 2 heterocycles. The van der Waals surface area contributed by atoms with Crippen LogP contribution in [0.3, 0.4) is 0 Å². The van der Waals surface area contributed by atoms with Gasteiger partial charge in [0.05, 0.1) is 13.7 Å². The molecule has 10 heteroatoms. The zero-order valence-corrected chi connectivity index (χ0v) is 20.0. The monoisotopic (exact) mass is 485 g/mol. The van der Waals surface area contributed by atoms with Crippen LogP contribution in [-0.2, 0) is 21.7 Å². The first-order chi connectivity index (χ1) is 16.3. The summed E-state index contributed by atoms with van der Waals surface area (Å²) >= 11 is 5.95. The van der Waals surface area contributed by atoms with Crippen LogP contribution in [0.1, 0.15) is 18.1 Å². The minimum atomic E-state index is -1.27. The van der Waals surface area contributed by atoms with Crippen molar-refractivity contribution in [1.29, 1.82) is 0 Å². The Morgan fingerprint density at radius 2 is 1.65 bits per heavy atom. The molecule has 0 saturated carbocycles. The van der Waals surface area contributed by atoms with Crippen molar-refractivity contribution in [2.45, 2.75) is 19.0 Å². The number of halogens is 1. The molecular weight excluding hydrogens is 458 g/mol. The van der Waals surface area contributed by atoms with E-state index in [4.69, 9.17) is 16.3 Å². The number of nitrogens with one attached hydrogen (secondary N) is 2. The number of rotatable bonds is 7. The maximum absolute atomic E-state index is 13.0. The molecule has 2 aromatic carbocycles. The molecule has 9 nitrogen and oxygen atoms in total. The van der Waals surface area contributed by atoms with Gasteiger partial charge >= 0.3 is 6.03 Å². The van der Waals surface area contributed by atoms with Gasteiger partial charge in [0, 0.05) is 37.7 Å². The van der Waals surface area contributed by atoms with Gasteiger partial charge in [-0.05, 0) is 42.3 Å². The highest BCUT2D eigenvalue weighted by Gasteiger charge is 2.50. The third kappa shape index (κ3) is 5.16. The second kappa shape index (κ2) is 10.0. The number of amides is 4. The molecule has 0 bridgehead atoms. The van der Waals surface area contributed by atoms with Gasteiger partial charge in [0.2, 0.25) is 0 Å². The number of benzene rings is 2. The summed E-state index contributed by atoms with van der Waals surface area (Å²) < 4.78 is 5.15. The quantitative estimate of drug-likeness (QED) is 0.582. The van der Waals surface area contributed by atoms with Gasteiger partial charge < -0.3 is 10.1 Å². The van der Waals surface area contributed by atoms with Crippen molar-refractivity contribution >= 4 is 29.4 Å². The molecule has 34 heavy (non-hydrogen) atoms. The van der Waals surface area contributed by atoms with Crippen molar-refractivity contribution in [3.63, 3.8) is 0 Å². The largest absolute Gasteiger partial charge is 0.497 e. The second-order valence-electron chi connectivity index (χ2n) is 8.64. The van der Waals surface area contributed by atoms with Gasteiger partial charge in [-0.2, -0.15) is 5.01 Å². The van der Waals surface area contributed by atoms with Crippen molar-refractivity contribution in [2.24, 2.45) is 0 Å². The number of hydrogen-bond donors (Lipinski definition) is 2. The maximum atomic E-state index is 13.0. The molecule has 0 spiro atoms. The summed E-state index contributed by atoms with van der Waals surface area (Å²) in [7, 11) is 1.55. The van der Waals surface area contributed by atoms with Crippen molar-refractivity contribution < 1.29 is 19.1 Å². The maximum Gasteiger partial charge on any atom is 0.344 e. The fraction of sp³-hybridized carbons (Fsp3) is 0.375. The highest BCUT2D eigenvalue weighted by atomic mass is 35.5. The smallest absolute Gasteiger partial charge is 0.344 e. The highest BCUT2D eigenvalue weighted by molar-refractivity contribution is 6.30. The molecule has 1 atom stereocenters. The van der Waals surface area contributed by atoms with Crippen LogP contribution in [0.15, 0.2) is 48.5 Å². The first-order valence-electron chi connectivity index (χ1n) is 11.1. The Labute approximate surface area is 203 Å². The lowest BCUT2D eigenvalue weighted by Gasteiger charge is -2.34. The highest BCUT2D eigenvalue weighted by Crippen LogP contribution is 2.29. The molecule has 2 fully saturated rings. The SMILES string of the molecule is COc1ccc(C2(C)NC(=O)N(NC(=O)CN3CCN(Cc4ccc(Cl)cc4)CC3)C2=O)cc1. The van der Waals surface area contributed by atoms with Crippen molar-refractivity contribution in [2.75, 3.05) is 39.8 Å². The number of methoxy groups -OCH3 is 1. The van der Waals surface area contributed by atoms with Gasteiger partial charge in [-0.1, -0.05) is 35.9 Å². The Bertz CT molecular complexity index is 1050. The van der Waals surface area contributed by atoms with E-state index in [0.29, 0.717) is 29.4 Å². The number of imide groups is 1. The third-order valence-electron chi connectivity index (χ3n) is 6.25. The van der Waals surface area contributed by atoms with E-state index in [-0.39, 0.29) is 6.54 Å². The lowest BCUT2D eigenvalue weighted by Crippen LogP contribution is -2.53. The standard InChI is InChI=1S/C24H28ClN5O4/c1-24(18-5-9-20(34-2)10-6-18)22(32)30(23(33)26-24)27-21(31)16-29-13-11-28(12-14-29)15-17-3-7-19(25)8-4-17/h3-10H,11-16H2,1-2H3,(H,26,33)(H,27,31). The molecule has 2 aliphatic heterocycles. The van der Waals surface area contributed by atoms with Crippen molar-refractivity contribution in [3.8, 4) is 5.75 Å². The van der Waals surface area contributed by atoms with Gasteiger partial charge in [-0.3, -0.25) is 24.8 Å². The molecule has 180 valence electrons. The fourth-order valence-corrected chi connectivity index (χ4v) is 4.30. The lowest BCUT2D eigenvalue weighted by atomic mass is 9.92. The van der Waals surface area contributed by atoms with Crippen LogP contribution < -0.4 is 15.5 Å². The van der Waals surface area contributed by atoms with E-state index in [2.05, 4.69) is 15.6 Å². The van der Waals surface area contributed by atoms with Crippen LogP contribution in [-0.4, -0.2) is 72.5 Å². The summed E-state index contributed by atoms with van der Waals surface area (Å²) in [5, 5.41) is 4.16. The Morgan fingerprint density at radius 1 is 1.03 bits per heavy atom. The molecule has 2 saturated heterocycles. The normalized spacial score (nSPS) is 21.4. The minimum absolute atomic E-state index is 0.102. The lowest BCUT2D eigenvalue weighted by molar-refractivity contribution is -0.139. The van der Waals surface area contributed by atoms with Gasteiger partial charge in [0.25, 0.3) is 11.8 Å². The van der Waals surface area contributed by atoms with Gasteiger partial charge in [0.1, 0.15) is 11.3 Å². The Morgan fingerprint density at radius 3 is 2.26 bits per heavy atom. The summed E-state index contributed by atoms with van der Waals surface area (Å²) in [5.74, 6) is -0.306. The van der Waals surface area contributed by atoms with Crippen LogP contribution in [0.5, 0.6) is 5.75 Å². The van der Waals surface area contributed by atoms with Crippen LogP contribution in [0.25, 0.3) is 0 Å². The summed E-state index contributed by atoms with van der Waals surface area (Å²) in [4.78, 5) is 42.5. The number of hydrogen-bond acceptors (Lipinski definition) is 6. The topological polar surface area (TPSA) is 94.2 Å². The number of carbonyl (C=O) groups excluding carboxylic acids is 3. The number of hydrazine groups is 1. The van der Waals surface area contributed by atoms with Gasteiger partial charge in [-0.15, -0.1) is 0 Å². The number of ether oxygens (including phenoxy) is 1. The Hall–Kier alpha value is -3.14. The number of carbonyl (C=O) groups is 3. The van der Waals surface area contributed by atoms with E-state index < -0.39 is 23.4 Å². The van der Waals surface area contributed by atoms with E-state index in [9.17, 15) is 14.4 Å². The van der Waals surface area contributed by atoms with Crippen LogP contribution in [0.2, 0.25) is 5.02 Å². The molecule has 1 unspecified atom stereocenters. The van der Waals surface area contributed by atoms with Crippen LogP contribution in [0, 0.1) is 0 Å². The van der Waals surface area contributed by atoms with Gasteiger partial charge in [0.15, 0.2) is 0 Å². The predicted molar refractivity (Wildman–Crippen MR) is 127 cm³/mol. The number of urea groups is 1. The van der Waals surface area contributed by atoms with Crippen molar-refractivity contribution in [1.82, 2.24) is 25.6 Å². The number of piperazine rings is 1. The molecule has 2 aromatic rings. The van der Waals surface area contributed by atoms with E-state index in [1.54, 1.807) is 38.3 Å². The third-order valence-corrected chi connectivity index (χ3v) is 6.50. The minimum Gasteiger partial charge on any atom is -0.497 e. The summed E-state index contributed by atoms with van der Waals surface area (Å²) in [6.45, 7) is 5.59. The molecular formula is C24H28ClN5O4. The van der Waals surface area contributed by atoms with Crippen LogP contribution in [0.4, 0.5) is 4.79 Å². The molecule has 2 N–H and O–H groups in total. The van der Waals surface area contributed by atoms with Crippen molar-refractivity contribution in [3.05, 3.63) is 64.7 Å². The second-order valence-corrected chi connectivity index (χ2v) is 9.07. The number of nitrogens with zero attached hydrogens (tertiary/aromatic N) is 3. The molecule has 0 radical (unpaired) electrons. The average molecular weight is 486 g/mol. The fourth-order valence-electron chi connectivity index (χ4n) is 4.18.